The highest BCUT2D eigenvalue weighted by atomic mass is 16.4. The Balaban J connectivity index is 2.52. The average Bonchev–Trinajstić information content (AvgIpc) is 2.15. The minimum Gasteiger partial charge on any atom is -0.481 e. The molecule has 0 atom stereocenters. The van der Waals surface area contributed by atoms with Crippen LogP contribution in [0.15, 0.2) is 24.4 Å². The summed E-state index contributed by atoms with van der Waals surface area (Å²) in [7, 11) is 0. The Labute approximate surface area is 99.9 Å². The lowest BCUT2D eigenvalue weighted by Gasteiger charge is -2.24. The maximum Gasteiger partial charge on any atom is 0.305 e. The molecule has 2 N–H and O–H groups in total. The van der Waals surface area contributed by atoms with Crippen molar-refractivity contribution in [3.63, 3.8) is 0 Å². The van der Waals surface area contributed by atoms with E-state index in [-0.39, 0.29) is 18.7 Å². The van der Waals surface area contributed by atoms with E-state index in [9.17, 15) is 9.59 Å². The van der Waals surface area contributed by atoms with Crippen LogP contribution in [0.25, 0.3) is 0 Å². The van der Waals surface area contributed by atoms with Crippen LogP contribution < -0.4 is 5.32 Å². The topological polar surface area (TPSA) is 79.3 Å². The Morgan fingerprint density at radius 1 is 1.41 bits per heavy atom. The summed E-state index contributed by atoms with van der Waals surface area (Å²) in [6.07, 6.45) is 1.66. The molecule has 17 heavy (non-hydrogen) atoms. The first kappa shape index (κ1) is 13.2. The van der Waals surface area contributed by atoms with Crippen molar-refractivity contribution in [1.82, 2.24) is 10.3 Å². The van der Waals surface area contributed by atoms with Gasteiger partial charge in [0.15, 0.2) is 0 Å². The van der Waals surface area contributed by atoms with Crippen LogP contribution in [0.2, 0.25) is 0 Å². The zero-order valence-electron chi connectivity index (χ0n) is 9.93. The Hall–Kier alpha value is -1.91. The van der Waals surface area contributed by atoms with Crippen molar-refractivity contribution in [2.75, 3.05) is 0 Å². The Bertz CT molecular complexity index is 401. The molecule has 0 aliphatic carbocycles. The summed E-state index contributed by atoms with van der Waals surface area (Å²) in [5.74, 6) is -1.16. The number of amides is 1. The molecule has 0 aliphatic heterocycles. The summed E-state index contributed by atoms with van der Waals surface area (Å²) in [4.78, 5) is 26.3. The zero-order chi connectivity index (χ0) is 12.9. The smallest absolute Gasteiger partial charge is 0.305 e. The van der Waals surface area contributed by atoms with Crippen LogP contribution in [0, 0.1) is 0 Å². The molecule has 5 nitrogen and oxygen atoms in total. The molecule has 1 aromatic rings. The maximum absolute atomic E-state index is 11.7. The molecule has 1 amide bonds. The number of nitrogens with zero attached hydrogens (tertiary/aromatic N) is 1. The third-order valence-electron chi connectivity index (χ3n) is 2.14. The molecule has 0 fully saturated rings. The first-order valence-corrected chi connectivity index (χ1v) is 5.32. The maximum atomic E-state index is 11.7. The van der Waals surface area contributed by atoms with E-state index < -0.39 is 11.5 Å². The van der Waals surface area contributed by atoms with Gasteiger partial charge in [-0.2, -0.15) is 0 Å². The van der Waals surface area contributed by atoms with Gasteiger partial charge in [0.1, 0.15) is 0 Å². The van der Waals surface area contributed by atoms with Gasteiger partial charge in [-0.05, 0) is 26.0 Å². The number of hydrogen-bond acceptors (Lipinski definition) is 3. The van der Waals surface area contributed by atoms with Crippen LogP contribution in [0.3, 0.4) is 0 Å². The molecule has 5 heteroatoms. The van der Waals surface area contributed by atoms with Crippen molar-refractivity contribution in [2.45, 2.75) is 32.2 Å². The van der Waals surface area contributed by atoms with Gasteiger partial charge in [-0.25, -0.2) is 0 Å². The first-order chi connectivity index (χ1) is 7.89. The van der Waals surface area contributed by atoms with Crippen LogP contribution in [-0.2, 0) is 16.0 Å². The van der Waals surface area contributed by atoms with Gasteiger partial charge in [-0.1, -0.05) is 6.07 Å². The number of carboxylic acids is 1. The van der Waals surface area contributed by atoms with Gasteiger partial charge in [0.05, 0.1) is 12.8 Å². The summed E-state index contributed by atoms with van der Waals surface area (Å²) in [5, 5.41) is 11.4. The fourth-order valence-corrected chi connectivity index (χ4v) is 1.51. The second kappa shape index (κ2) is 5.43. The van der Waals surface area contributed by atoms with Gasteiger partial charge in [0, 0.05) is 17.4 Å². The van der Waals surface area contributed by atoms with E-state index in [1.165, 1.54) is 0 Å². The van der Waals surface area contributed by atoms with E-state index in [2.05, 4.69) is 10.3 Å². The minimum atomic E-state index is -0.937. The van der Waals surface area contributed by atoms with E-state index in [0.717, 1.165) is 0 Å². The lowest BCUT2D eigenvalue weighted by Crippen LogP contribution is -2.45. The van der Waals surface area contributed by atoms with E-state index in [4.69, 9.17) is 5.11 Å². The SMILES string of the molecule is CC(C)(CC(=O)O)NC(=O)Cc1ccccn1. The highest BCUT2D eigenvalue weighted by Gasteiger charge is 2.23. The number of carboxylic acid groups (broad SMARTS) is 1. The number of aliphatic carboxylic acids is 1. The van der Waals surface area contributed by atoms with Crippen LogP contribution in [-0.4, -0.2) is 27.5 Å². The quantitative estimate of drug-likeness (QED) is 0.799. The van der Waals surface area contributed by atoms with Crippen LogP contribution in [0.1, 0.15) is 26.0 Å². The van der Waals surface area contributed by atoms with E-state index in [1.54, 1.807) is 38.2 Å². The Kier molecular flexibility index (Phi) is 4.20. The number of rotatable bonds is 5. The molecule has 0 unspecified atom stereocenters. The molecule has 1 heterocycles. The predicted octanol–water partition coefficient (Wildman–Crippen LogP) is 0.994. The average molecular weight is 236 g/mol. The fourth-order valence-electron chi connectivity index (χ4n) is 1.51. The van der Waals surface area contributed by atoms with Crippen molar-refractivity contribution < 1.29 is 14.7 Å². The molecule has 0 saturated heterocycles. The van der Waals surface area contributed by atoms with Crippen molar-refractivity contribution in [3.8, 4) is 0 Å². The molecule has 0 bridgehead atoms. The second-order valence-electron chi connectivity index (χ2n) is 4.50. The summed E-state index contributed by atoms with van der Waals surface area (Å²) in [6.45, 7) is 3.36. The largest absolute Gasteiger partial charge is 0.481 e. The van der Waals surface area contributed by atoms with E-state index in [1.807, 2.05) is 0 Å². The van der Waals surface area contributed by atoms with E-state index >= 15 is 0 Å². The number of aromatic nitrogens is 1. The van der Waals surface area contributed by atoms with E-state index in [0.29, 0.717) is 5.69 Å². The van der Waals surface area contributed by atoms with Crippen LogP contribution >= 0.6 is 0 Å². The molecule has 0 radical (unpaired) electrons. The molecule has 0 aliphatic rings. The molecule has 1 aromatic heterocycles. The summed E-state index contributed by atoms with van der Waals surface area (Å²) in [6, 6.07) is 5.33. The second-order valence-corrected chi connectivity index (χ2v) is 4.50. The number of nitrogens with one attached hydrogen (secondary N) is 1. The number of hydrogen-bond donors (Lipinski definition) is 2. The molecular weight excluding hydrogens is 220 g/mol. The van der Waals surface area contributed by atoms with Gasteiger partial charge in [-0.3, -0.25) is 14.6 Å². The highest BCUT2D eigenvalue weighted by molar-refractivity contribution is 5.79. The normalized spacial score (nSPS) is 10.9. The van der Waals surface area contributed by atoms with Gasteiger partial charge >= 0.3 is 5.97 Å². The number of pyridine rings is 1. The predicted molar refractivity (Wildman–Crippen MR) is 62.4 cm³/mol. The highest BCUT2D eigenvalue weighted by Crippen LogP contribution is 2.08. The van der Waals surface area contributed by atoms with Crippen LogP contribution in [0.5, 0.6) is 0 Å². The minimum absolute atomic E-state index is 0.110. The van der Waals surface area contributed by atoms with Crippen LogP contribution in [0.4, 0.5) is 0 Å². The van der Waals surface area contributed by atoms with Crippen molar-refractivity contribution >= 4 is 11.9 Å². The lowest BCUT2D eigenvalue weighted by molar-refractivity contribution is -0.138. The van der Waals surface area contributed by atoms with Gasteiger partial charge in [-0.15, -0.1) is 0 Å². The molecule has 1 rings (SSSR count). The summed E-state index contributed by atoms with van der Waals surface area (Å²) in [5.41, 5.74) is -0.0892. The third-order valence-corrected chi connectivity index (χ3v) is 2.14. The van der Waals surface area contributed by atoms with Crippen molar-refractivity contribution in [3.05, 3.63) is 30.1 Å². The molecule has 0 aromatic carbocycles. The summed E-state index contributed by atoms with van der Waals surface area (Å²) >= 11 is 0. The van der Waals surface area contributed by atoms with Gasteiger partial charge < -0.3 is 10.4 Å². The Morgan fingerprint density at radius 2 is 2.12 bits per heavy atom. The van der Waals surface area contributed by atoms with Crippen molar-refractivity contribution in [2.24, 2.45) is 0 Å². The Morgan fingerprint density at radius 3 is 2.65 bits per heavy atom. The first-order valence-electron chi connectivity index (χ1n) is 5.32. The number of carbonyl (C=O) groups excluding carboxylic acids is 1. The fraction of sp³-hybridized carbons (Fsp3) is 0.417. The zero-order valence-corrected chi connectivity index (χ0v) is 9.93. The molecule has 92 valence electrons. The standard InChI is InChI=1S/C12H16N2O3/c1-12(2,8-11(16)17)14-10(15)7-9-5-3-4-6-13-9/h3-6H,7-8H2,1-2H3,(H,14,15)(H,16,17). The molecule has 0 spiro atoms. The monoisotopic (exact) mass is 236 g/mol. The third kappa shape index (κ3) is 5.10. The van der Waals surface area contributed by atoms with Gasteiger partial charge in [0.25, 0.3) is 0 Å². The number of carbonyl (C=O) groups is 2. The van der Waals surface area contributed by atoms with Crippen molar-refractivity contribution in [1.29, 1.82) is 0 Å². The summed E-state index contributed by atoms with van der Waals surface area (Å²) < 4.78 is 0. The molecule has 0 saturated carbocycles. The van der Waals surface area contributed by atoms with Gasteiger partial charge in [0.2, 0.25) is 5.91 Å². The lowest BCUT2D eigenvalue weighted by atomic mass is 10.0. The molecular formula is C12H16N2O3.